The summed E-state index contributed by atoms with van der Waals surface area (Å²) in [7, 11) is 0. The second-order valence-corrected chi connectivity index (χ2v) is 3.49. The number of hydrogen-bond acceptors (Lipinski definition) is 3. The van der Waals surface area contributed by atoms with Gasteiger partial charge in [0.2, 0.25) is 0 Å². The van der Waals surface area contributed by atoms with Crippen LogP contribution < -0.4 is 0 Å². The number of aliphatic hydroxyl groups excluding tert-OH is 2. The van der Waals surface area contributed by atoms with Crippen LogP contribution >= 0.6 is 0 Å². The molecule has 2 N–H and O–H groups in total. The molecule has 0 amide bonds. The van der Waals surface area contributed by atoms with E-state index in [2.05, 4.69) is 18.9 Å². The molecule has 0 saturated heterocycles. The van der Waals surface area contributed by atoms with Crippen molar-refractivity contribution < 1.29 is 10.2 Å². The maximum absolute atomic E-state index is 9.15. The Morgan fingerprint density at radius 2 is 2.23 bits per heavy atom. The molecular formula is C9H16N2O2. The zero-order valence-corrected chi connectivity index (χ0v) is 8.01. The van der Waals surface area contributed by atoms with Gasteiger partial charge in [-0.15, -0.1) is 0 Å². The van der Waals surface area contributed by atoms with E-state index >= 15 is 0 Å². The van der Waals surface area contributed by atoms with Gasteiger partial charge in [0.25, 0.3) is 0 Å². The number of rotatable bonds is 4. The molecule has 0 fully saturated rings. The molecule has 0 aromatic carbocycles. The Bertz CT molecular complexity index is 258. The van der Waals surface area contributed by atoms with Crippen molar-refractivity contribution in [2.45, 2.75) is 32.4 Å². The van der Waals surface area contributed by atoms with Crippen molar-refractivity contribution in [3.8, 4) is 0 Å². The summed E-state index contributed by atoms with van der Waals surface area (Å²) in [6, 6.07) is 0. The minimum Gasteiger partial charge on any atom is -0.394 e. The maximum Gasteiger partial charge on any atom is 0.0966 e. The van der Waals surface area contributed by atoms with Crippen molar-refractivity contribution in [2.75, 3.05) is 6.61 Å². The highest BCUT2D eigenvalue weighted by Crippen LogP contribution is 2.12. The van der Waals surface area contributed by atoms with Gasteiger partial charge in [-0.25, -0.2) is 0 Å². The molecule has 0 unspecified atom stereocenters. The molecule has 0 aliphatic heterocycles. The predicted molar refractivity (Wildman–Crippen MR) is 49.4 cm³/mol. The van der Waals surface area contributed by atoms with Gasteiger partial charge in [0.1, 0.15) is 0 Å². The first-order chi connectivity index (χ1) is 6.13. The number of nitrogens with zero attached hydrogens (tertiary/aromatic N) is 2. The molecule has 13 heavy (non-hydrogen) atoms. The smallest absolute Gasteiger partial charge is 0.0966 e. The molecule has 0 saturated carbocycles. The predicted octanol–water partition coefficient (Wildman–Crippen LogP) is 0.360. The Hall–Kier alpha value is -0.870. The van der Waals surface area contributed by atoms with Gasteiger partial charge in [-0.3, -0.25) is 4.68 Å². The maximum atomic E-state index is 9.15. The van der Waals surface area contributed by atoms with Crippen LogP contribution in [0.1, 0.15) is 25.3 Å². The summed E-state index contributed by atoms with van der Waals surface area (Å²) in [6.07, 6.45) is 2.96. The van der Waals surface area contributed by atoms with Crippen molar-refractivity contribution in [2.24, 2.45) is 0 Å². The van der Waals surface area contributed by atoms with E-state index in [0.717, 1.165) is 5.56 Å². The minimum absolute atomic E-state index is 0.225. The molecule has 0 bridgehead atoms. The van der Waals surface area contributed by atoms with Gasteiger partial charge in [0.15, 0.2) is 0 Å². The molecule has 1 aromatic heterocycles. The Morgan fingerprint density at radius 3 is 2.69 bits per heavy atom. The molecule has 1 aromatic rings. The van der Waals surface area contributed by atoms with Gasteiger partial charge in [0.05, 0.1) is 25.5 Å². The summed E-state index contributed by atoms with van der Waals surface area (Å²) in [5.74, 6) is 0.444. The first-order valence-corrected chi connectivity index (χ1v) is 4.44. The number of aromatic nitrogens is 2. The van der Waals surface area contributed by atoms with E-state index in [1.54, 1.807) is 10.9 Å². The first kappa shape index (κ1) is 10.2. The molecule has 0 spiro atoms. The van der Waals surface area contributed by atoms with Gasteiger partial charge in [-0.1, -0.05) is 13.8 Å². The second-order valence-electron chi connectivity index (χ2n) is 3.49. The summed E-state index contributed by atoms with van der Waals surface area (Å²) in [4.78, 5) is 0. The quantitative estimate of drug-likeness (QED) is 0.710. The van der Waals surface area contributed by atoms with E-state index in [1.165, 1.54) is 0 Å². The lowest BCUT2D eigenvalue weighted by molar-refractivity contribution is 0.0782. The van der Waals surface area contributed by atoms with Crippen molar-refractivity contribution in [1.82, 2.24) is 9.78 Å². The average Bonchev–Trinajstić information content (AvgIpc) is 2.52. The highest BCUT2D eigenvalue weighted by molar-refractivity contribution is 5.08. The highest BCUT2D eigenvalue weighted by atomic mass is 16.3. The van der Waals surface area contributed by atoms with Crippen molar-refractivity contribution in [3.05, 3.63) is 18.0 Å². The van der Waals surface area contributed by atoms with Gasteiger partial charge in [0, 0.05) is 6.20 Å². The second kappa shape index (κ2) is 4.39. The summed E-state index contributed by atoms with van der Waals surface area (Å²) in [6.45, 7) is 4.30. The van der Waals surface area contributed by atoms with Gasteiger partial charge in [-0.2, -0.15) is 5.10 Å². The van der Waals surface area contributed by atoms with E-state index in [1.807, 2.05) is 6.20 Å². The molecule has 0 aliphatic carbocycles. The third-order valence-electron chi connectivity index (χ3n) is 1.93. The van der Waals surface area contributed by atoms with Crippen molar-refractivity contribution in [1.29, 1.82) is 0 Å². The lowest BCUT2D eigenvalue weighted by atomic mass is 10.1. The Morgan fingerprint density at radius 1 is 1.54 bits per heavy atom. The van der Waals surface area contributed by atoms with Gasteiger partial charge in [-0.05, 0) is 11.5 Å². The zero-order chi connectivity index (χ0) is 9.84. The van der Waals surface area contributed by atoms with Crippen LogP contribution in [-0.2, 0) is 6.54 Å². The molecule has 4 nitrogen and oxygen atoms in total. The molecule has 1 atom stereocenters. The summed E-state index contributed by atoms with van der Waals surface area (Å²) < 4.78 is 1.65. The van der Waals surface area contributed by atoms with Crippen LogP contribution in [0.4, 0.5) is 0 Å². The van der Waals surface area contributed by atoms with Crippen LogP contribution in [0, 0.1) is 0 Å². The first-order valence-electron chi connectivity index (χ1n) is 4.44. The van der Waals surface area contributed by atoms with E-state index in [-0.39, 0.29) is 6.61 Å². The van der Waals surface area contributed by atoms with Crippen molar-refractivity contribution >= 4 is 0 Å². The lowest BCUT2D eigenvalue weighted by Crippen LogP contribution is -2.19. The van der Waals surface area contributed by atoms with Crippen LogP contribution in [0.5, 0.6) is 0 Å². The van der Waals surface area contributed by atoms with Crippen LogP contribution in [0.15, 0.2) is 12.4 Å². The monoisotopic (exact) mass is 184 g/mol. The van der Waals surface area contributed by atoms with E-state index in [4.69, 9.17) is 10.2 Å². The molecule has 74 valence electrons. The number of hydrogen-bond donors (Lipinski definition) is 2. The van der Waals surface area contributed by atoms with Crippen LogP contribution in [0.25, 0.3) is 0 Å². The van der Waals surface area contributed by atoms with E-state index < -0.39 is 6.10 Å². The normalized spacial score (nSPS) is 13.6. The van der Waals surface area contributed by atoms with Gasteiger partial charge >= 0.3 is 0 Å². The van der Waals surface area contributed by atoms with Crippen LogP contribution in [0.3, 0.4) is 0 Å². The fraction of sp³-hybridized carbons (Fsp3) is 0.667. The average molecular weight is 184 g/mol. The van der Waals surface area contributed by atoms with E-state index in [0.29, 0.717) is 12.5 Å². The summed E-state index contributed by atoms with van der Waals surface area (Å²) in [5.41, 5.74) is 1.14. The summed E-state index contributed by atoms with van der Waals surface area (Å²) in [5, 5.41) is 21.8. The molecule has 0 radical (unpaired) electrons. The molecular weight excluding hydrogens is 168 g/mol. The zero-order valence-electron chi connectivity index (χ0n) is 8.01. The Kier molecular flexibility index (Phi) is 3.45. The molecule has 0 aliphatic rings. The topological polar surface area (TPSA) is 58.3 Å². The SMILES string of the molecule is CC(C)c1cnn(C[C@H](O)CO)c1. The standard InChI is InChI=1S/C9H16N2O2/c1-7(2)8-3-10-11(4-8)5-9(13)6-12/h3-4,7,9,12-13H,5-6H2,1-2H3/t9-/m0/s1. The van der Waals surface area contributed by atoms with Crippen molar-refractivity contribution in [3.63, 3.8) is 0 Å². The third kappa shape index (κ3) is 2.82. The molecule has 1 rings (SSSR count). The molecule has 1 heterocycles. The van der Waals surface area contributed by atoms with Gasteiger partial charge < -0.3 is 10.2 Å². The fourth-order valence-electron chi connectivity index (χ4n) is 1.05. The minimum atomic E-state index is -0.722. The molecule has 4 heteroatoms. The fourth-order valence-corrected chi connectivity index (χ4v) is 1.05. The van der Waals surface area contributed by atoms with Crippen LogP contribution in [0.2, 0.25) is 0 Å². The van der Waals surface area contributed by atoms with E-state index in [9.17, 15) is 0 Å². The Labute approximate surface area is 77.8 Å². The van der Waals surface area contributed by atoms with Crippen LogP contribution in [-0.4, -0.2) is 32.7 Å². The third-order valence-corrected chi connectivity index (χ3v) is 1.93. The Balaban J connectivity index is 2.58. The number of aliphatic hydroxyl groups is 2. The highest BCUT2D eigenvalue weighted by Gasteiger charge is 2.06. The lowest BCUT2D eigenvalue weighted by Gasteiger charge is -2.06. The summed E-state index contributed by atoms with van der Waals surface area (Å²) >= 11 is 0. The largest absolute Gasteiger partial charge is 0.394 e.